The van der Waals surface area contributed by atoms with E-state index in [1.807, 2.05) is 13.2 Å². The molecule has 0 bridgehead atoms. The van der Waals surface area contributed by atoms with Gasteiger partial charge in [0.1, 0.15) is 5.69 Å². The van der Waals surface area contributed by atoms with E-state index >= 15 is 0 Å². The quantitative estimate of drug-likeness (QED) is 0.822. The van der Waals surface area contributed by atoms with E-state index in [0.717, 1.165) is 17.9 Å². The van der Waals surface area contributed by atoms with Crippen LogP contribution in [0.3, 0.4) is 0 Å². The number of carbonyl (C=O) groups is 1. The van der Waals surface area contributed by atoms with Crippen LogP contribution in [-0.4, -0.2) is 41.0 Å². The van der Waals surface area contributed by atoms with Gasteiger partial charge in [0.15, 0.2) is 0 Å². The van der Waals surface area contributed by atoms with Gasteiger partial charge in [-0.25, -0.2) is 9.97 Å². The van der Waals surface area contributed by atoms with E-state index in [9.17, 15) is 4.79 Å². The van der Waals surface area contributed by atoms with Crippen LogP contribution in [0.4, 0.5) is 5.95 Å². The van der Waals surface area contributed by atoms with Gasteiger partial charge in [0.25, 0.3) is 5.91 Å². The van der Waals surface area contributed by atoms with Crippen LogP contribution in [0.1, 0.15) is 29.5 Å². The molecule has 100 valence electrons. The van der Waals surface area contributed by atoms with Crippen LogP contribution in [0.25, 0.3) is 0 Å². The second-order valence-corrected chi connectivity index (χ2v) is 4.91. The molecule has 0 aliphatic rings. The maximum absolute atomic E-state index is 12.1. The molecule has 1 unspecified atom stereocenters. The summed E-state index contributed by atoms with van der Waals surface area (Å²) in [5.74, 6) is 1.24. The average Bonchev–Trinajstić information content (AvgIpc) is 2.37. The van der Waals surface area contributed by atoms with Gasteiger partial charge in [0, 0.05) is 24.5 Å². The van der Waals surface area contributed by atoms with E-state index in [-0.39, 0.29) is 11.9 Å². The van der Waals surface area contributed by atoms with E-state index in [0.29, 0.717) is 11.6 Å². The number of aryl methyl sites for hydroxylation is 1. The monoisotopic (exact) mass is 268 g/mol. The molecule has 18 heavy (non-hydrogen) atoms. The van der Waals surface area contributed by atoms with Crippen molar-refractivity contribution >= 4 is 23.6 Å². The fourth-order valence-electron chi connectivity index (χ4n) is 1.52. The average molecular weight is 268 g/mol. The molecule has 5 nitrogen and oxygen atoms in total. The minimum atomic E-state index is -0.141. The van der Waals surface area contributed by atoms with Gasteiger partial charge in [-0.3, -0.25) is 4.79 Å². The van der Waals surface area contributed by atoms with Crippen molar-refractivity contribution in [3.63, 3.8) is 0 Å². The number of nitrogens with one attached hydrogen (secondary N) is 2. The Morgan fingerprint density at radius 2 is 2.22 bits per heavy atom. The molecule has 1 amide bonds. The van der Waals surface area contributed by atoms with E-state index in [1.165, 1.54) is 0 Å². The molecule has 1 atom stereocenters. The highest BCUT2D eigenvalue weighted by Gasteiger charge is 2.14. The highest BCUT2D eigenvalue weighted by molar-refractivity contribution is 7.98. The lowest BCUT2D eigenvalue weighted by Gasteiger charge is -2.15. The Morgan fingerprint density at radius 3 is 2.78 bits per heavy atom. The summed E-state index contributed by atoms with van der Waals surface area (Å²) in [4.78, 5) is 20.4. The van der Waals surface area contributed by atoms with E-state index < -0.39 is 0 Å². The van der Waals surface area contributed by atoms with Gasteiger partial charge >= 0.3 is 0 Å². The lowest BCUT2D eigenvalue weighted by Crippen LogP contribution is -2.36. The zero-order valence-electron chi connectivity index (χ0n) is 11.3. The van der Waals surface area contributed by atoms with Crippen LogP contribution >= 0.6 is 11.8 Å². The van der Waals surface area contributed by atoms with Gasteiger partial charge in [-0.05, 0) is 25.7 Å². The normalized spacial score (nSPS) is 12.0. The number of carbonyl (C=O) groups excluding carboxylic acids is 1. The number of nitrogens with zero attached hydrogens (tertiary/aromatic N) is 2. The summed E-state index contributed by atoms with van der Waals surface area (Å²) in [5.41, 5.74) is 1.18. The first-order chi connectivity index (χ1) is 8.60. The molecule has 0 saturated carbocycles. The summed E-state index contributed by atoms with van der Waals surface area (Å²) in [5, 5.41) is 5.83. The molecule has 0 spiro atoms. The predicted molar refractivity (Wildman–Crippen MR) is 76.2 cm³/mol. The Labute approximate surface area is 112 Å². The number of hydrogen-bond donors (Lipinski definition) is 2. The van der Waals surface area contributed by atoms with E-state index in [2.05, 4.69) is 27.5 Å². The molecule has 0 aromatic carbocycles. The van der Waals surface area contributed by atoms with Gasteiger partial charge < -0.3 is 10.6 Å². The van der Waals surface area contributed by atoms with Gasteiger partial charge in [-0.15, -0.1) is 0 Å². The van der Waals surface area contributed by atoms with Crippen LogP contribution in [-0.2, 0) is 0 Å². The molecule has 1 rings (SSSR count). The van der Waals surface area contributed by atoms with Gasteiger partial charge in [-0.1, -0.05) is 6.92 Å². The maximum atomic E-state index is 12.1. The Hall–Kier alpha value is -1.30. The molecule has 1 heterocycles. The SMILES string of the molecule is CCC(CSC)NC(=O)c1cc(C)nc(NC)n1. The molecule has 0 saturated heterocycles. The standard InChI is InChI=1S/C12H20N4OS/c1-5-9(7-18-4)15-11(17)10-6-8(2)14-12(13-3)16-10/h6,9H,5,7H2,1-4H3,(H,15,17)(H,13,14,16). The Morgan fingerprint density at radius 1 is 1.50 bits per heavy atom. The van der Waals surface area contributed by atoms with Crippen molar-refractivity contribution in [2.45, 2.75) is 26.3 Å². The van der Waals surface area contributed by atoms with Crippen molar-refractivity contribution in [1.82, 2.24) is 15.3 Å². The number of thioether (sulfide) groups is 1. The first-order valence-electron chi connectivity index (χ1n) is 5.94. The molecule has 0 aliphatic heterocycles. The number of amides is 1. The van der Waals surface area contributed by atoms with Gasteiger partial charge in [0.2, 0.25) is 5.95 Å². The molecule has 1 aromatic rings. The second-order valence-electron chi connectivity index (χ2n) is 4.00. The Bertz CT molecular complexity index is 411. The topological polar surface area (TPSA) is 66.9 Å². The molecule has 0 radical (unpaired) electrons. The third-order valence-electron chi connectivity index (χ3n) is 2.51. The molecule has 2 N–H and O–H groups in total. The summed E-state index contributed by atoms with van der Waals surface area (Å²) >= 11 is 1.72. The van der Waals surface area contributed by atoms with Crippen molar-refractivity contribution < 1.29 is 4.79 Å². The molecule has 0 fully saturated rings. The molecular formula is C12H20N4OS. The maximum Gasteiger partial charge on any atom is 0.270 e. The van der Waals surface area contributed by atoms with Crippen molar-refractivity contribution in [2.75, 3.05) is 24.4 Å². The zero-order chi connectivity index (χ0) is 13.5. The molecule has 6 heteroatoms. The summed E-state index contributed by atoms with van der Waals surface area (Å²) < 4.78 is 0. The fourth-order valence-corrected chi connectivity index (χ4v) is 2.24. The Balaban J connectivity index is 2.79. The second kappa shape index (κ2) is 7.20. The number of aromatic nitrogens is 2. The molecule has 0 aliphatic carbocycles. The summed E-state index contributed by atoms with van der Waals surface area (Å²) in [7, 11) is 1.74. The highest BCUT2D eigenvalue weighted by Crippen LogP contribution is 2.06. The lowest BCUT2D eigenvalue weighted by atomic mass is 10.2. The van der Waals surface area contributed by atoms with Crippen molar-refractivity contribution in [3.05, 3.63) is 17.5 Å². The fraction of sp³-hybridized carbons (Fsp3) is 0.583. The lowest BCUT2D eigenvalue weighted by molar-refractivity contribution is 0.0935. The van der Waals surface area contributed by atoms with Crippen molar-refractivity contribution in [2.24, 2.45) is 0 Å². The van der Waals surface area contributed by atoms with Crippen LogP contribution in [0, 0.1) is 6.92 Å². The molecule has 1 aromatic heterocycles. The van der Waals surface area contributed by atoms with Crippen LogP contribution in [0.2, 0.25) is 0 Å². The largest absolute Gasteiger partial charge is 0.357 e. The predicted octanol–water partition coefficient (Wildman–Crippen LogP) is 1.70. The van der Waals surface area contributed by atoms with Gasteiger partial charge in [0.05, 0.1) is 0 Å². The Kier molecular flexibility index (Phi) is 5.91. The minimum absolute atomic E-state index is 0.141. The zero-order valence-corrected chi connectivity index (χ0v) is 12.1. The van der Waals surface area contributed by atoms with Crippen LogP contribution in [0.5, 0.6) is 0 Å². The van der Waals surface area contributed by atoms with E-state index in [4.69, 9.17) is 0 Å². The number of rotatable bonds is 6. The first-order valence-corrected chi connectivity index (χ1v) is 7.33. The summed E-state index contributed by atoms with van der Waals surface area (Å²) in [6.45, 7) is 3.91. The van der Waals surface area contributed by atoms with Crippen molar-refractivity contribution in [3.8, 4) is 0 Å². The minimum Gasteiger partial charge on any atom is -0.357 e. The summed E-state index contributed by atoms with van der Waals surface area (Å²) in [6.07, 6.45) is 2.94. The van der Waals surface area contributed by atoms with E-state index in [1.54, 1.807) is 24.9 Å². The van der Waals surface area contributed by atoms with Gasteiger partial charge in [-0.2, -0.15) is 11.8 Å². The third-order valence-corrected chi connectivity index (χ3v) is 3.24. The highest BCUT2D eigenvalue weighted by atomic mass is 32.2. The number of anilines is 1. The number of hydrogen-bond acceptors (Lipinski definition) is 5. The van der Waals surface area contributed by atoms with Crippen molar-refractivity contribution in [1.29, 1.82) is 0 Å². The third kappa shape index (κ3) is 4.18. The van der Waals surface area contributed by atoms with Crippen LogP contribution < -0.4 is 10.6 Å². The van der Waals surface area contributed by atoms with Crippen LogP contribution in [0.15, 0.2) is 6.07 Å². The first kappa shape index (κ1) is 14.8. The molecular weight excluding hydrogens is 248 g/mol. The smallest absolute Gasteiger partial charge is 0.270 e. The summed E-state index contributed by atoms with van der Waals surface area (Å²) in [6, 6.07) is 1.88.